The quantitative estimate of drug-likeness (QED) is 0.844. The Morgan fingerprint density at radius 2 is 2.19 bits per heavy atom. The smallest absolute Gasteiger partial charge is 0.425 e. The number of ether oxygens (including phenoxy) is 1. The lowest BCUT2D eigenvalue weighted by atomic mass is 10.4. The number of alkyl halides is 3. The molecule has 1 amide bonds. The molecule has 2 N–H and O–H groups in total. The molecule has 1 unspecified atom stereocenters. The topological polar surface area (TPSA) is 78.1 Å². The molecular weight excluding hydrogens is 227 g/mol. The van der Waals surface area contributed by atoms with E-state index in [0.29, 0.717) is 0 Å². The van der Waals surface area contributed by atoms with Crippen LogP contribution in [-0.2, 0) is 0 Å². The Balaban J connectivity index is 2.82. The Morgan fingerprint density at radius 1 is 1.56 bits per heavy atom. The summed E-state index contributed by atoms with van der Waals surface area (Å²) in [6.45, 7) is 0.825. The number of hydrogen-bond donors (Lipinski definition) is 1. The first kappa shape index (κ1) is 12.2. The molecule has 1 rings (SSSR count). The van der Waals surface area contributed by atoms with Crippen LogP contribution in [0.15, 0.2) is 12.3 Å². The zero-order valence-electron chi connectivity index (χ0n) is 8.15. The third kappa shape index (κ3) is 3.07. The average Bonchev–Trinajstić information content (AvgIpc) is 2.16. The third-order valence-corrected chi connectivity index (χ3v) is 1.61. The zero-order chi connectivity index (χ0) is 12.3. The second-order valence-corrected chi connectivity index (χ2v) is 2.88. The normalized spacial score (nSPS) is 13.2. The molecule has 0 saturated carbocycles. The maximum Gasteiger partial charge on any atom is 0.425 e. The van der Waals surface area contributed by atoms with Gasteiger partial charge in [-0.25, -0.2) is 4.98 Å². The first-order valence-corrected chi connectivity index (χ1v) is 4.17. The number of halogens is 3. The molecule has 88 valence electrons. The molecule has 16 heavy (non-hydrogen) atoms. The zero-order valence-corrected chi connectivity index (χ0v) is 8.15. The number of aromatic nitrogens is 2. The van der Waals surface area contributed by atoms with Gasteiger partial charge in [-0.2, -0.15) is 18.2 Å². The lowest BCUT2D eigenvalue weighted by Crippen LogP contribution is -2.31. The molecule has 0 aliphatic heterocycles. The van der Waals surface area contributed by atoms with Crippen molar-refractivity contribution in [1.82, 2.24) is 9.97 Å². The lowest BCUT2D eigenvalue weighted by molar-refractivity contribution is -0.190. The van der Waals surface area contributed by atoms with E-state index in [0.717, 1.165) is 19.2 Å². The molecule has 1 atom stereocenters. The van der Waals surface area contributed by atoms with Crippen LogP contribution >= 0.6 is 0 Å². The molecule has 1 heterocycles. The molecule has 5 nitrogen and oxygen atoms in total. The fourth-order valence-electron chi connectivity index (χ4n) is 0.774. The molecule has 1 aromatic rings. The maximum absolute atomic E-state index is 12.1. The van der Waals surface area contributed by atoms with Gasteiger partial charge in [0.05, 0.1) is 0 Å². The van der Waals surface area contributed by atoms with E-state index in [4.69, 9.17) is 5.73 Å². The molecule has 0 saturated heterocycles. The summed E-state index contributed by atoms with van der Waals surface area (Å²) in [4.78, 5) is 17.5. The SMILES string of the molecule is CC(Oc1ccnc(C(N)=O)n1)C(F)(F)F. The van der Waals surface area contributed by atoms with E-state index in [2.05, 4.69) is 14.7 Å². The van der Waals surface area contributed by atoms with Crippen molar-refractivity contribution < 1.29 is 22.7 Å². The largest absolute Gasteiger partial charge is 0.465 e. The summed E-state index contributed by atoms with van der Waals surface area (Å²) in [6, 6.07) is 1.11. The predicted octanol–water partition coefficient (Wildman–Crippen LogP) is 0.905. The van der Waals surface area contributed by atoms with Crippen molar-refractivity contribution in [1.29, 1.82) is 0 Å². The van der Waals surface area contributed by atoms with Gasteiger partial charge in [-0.1, -0.05) is 0 Å². The second-order valence-electron chi connectivity index (χ2n) is 2.88. The van der Waals surface area contributed by atoms with Gasteiger partial charge in [0.1, 0.15) is 0 Å². The summed E-state index contributed by atoms with van der Waals surface area (Å²) in [5.41, 5.74) is 4.86. The number of primary amides is 1. The van der Waals surface area contributed by atoms with Gasteiger partial charge in [-0.15, -0.1) is 0 Å². The summed E-state index contributed by atoms with van der Waals surface area (Å²) in [5, 5.41) is 0. The minimum atomic E-state index is -4.50. The number of carbonyl (C=O) groups is 1. The summed E-state index contributed by atoms with van der Waals surface area (Å²) in [6.07, 6.45) is -5.44. The first-order valence-electron chi connectivity index (χ1n) is 4.17. The number of nitrogens with two attached hydrogens (primary N) is 1. The van der Waals surface area contributed by atoms with Crippen LogP contribution in [0.5, 0.6) is 5.88 Å². The molecule has 0 radical (unpaired) electrons. The van der Waals surface area contributed by atoms with Gasteiger partial charge in [-0.05, 0) is 6.92 Å². The Labute approximate surface area is 88.4 Å². The Kier molecular flexibility index (Phi) is 3.31. The third-order valence-electron chi connectivity index (χ3n) is 1.61. The average molecular weight is 235 g/mol. The number of rotatable bonds is 3. The van der Waals surface area contributed by atoms with Crippen LogP contribution in [-0.4, -0.2) is 28.2 Å². The number of nitrogens with zero attached hydrogens (tertiary/aromatic N) is 2. The highest BCUT2D eigenvalue weighted by atomic mass is 19.4. The molecule has 0 aromatic carbocycles. The van der Waals surface area contributed by atoms with E-state index in [9.17, 15) is 18.0 Å². The fourth-order valence-corrected chi connectivity index (χ4v) is 0.774. The number of hydrogen-bond acceptors (Lipinski definition) is 4. The highest BCUT2D eigenvalue weighted by Gasteiger charge is 2.38. The second kappa shape index (κ2) is 4.33. The van der Waals surface area contributed by atoms with Gasteiger partial charge < -0.3 is 10.5 Å². The maximum atomic E-state index is 12.1. The van der Waals surface area contributed by atoms with Crippen molar-refractivity contribution in [3.63, 3.8) is 0 Å². The van der Waals surface area contributed by atoms with Crippen LogP contribution in [0.1, 0.15) is 17.5 Å². The van der Waals surface area contributed by atoms with Gasteiger partial charge in [0.2, 0.25) is 11.7 Å². The first-order chi connectivity index (χ1) is 7.30. The van der Waals surface area contributed by atoms with Gasteiger partial charge in [0, 0.05) is 12.3 Å². The van der Waals surface area contributed by atoms with Crippen LogP contribution in [0.4, 0.5) is 13.2 Å². The Hall–Kier alpha value is -1.86. The van der Waals surface area contributed by atoms with Crippen molar-refractivity contribution in [3.8, 4) is 5.88 Å². The number of carbonyl (C=O) groups excluding carboxylic acids is 1. The van der Waals surface area contributed by atoms with Crippen LogP contribution in [0.3, 0.4) is 0 Å². The molecule has 0 fully saturated rings. The Bertz CT molecular complexity index is 394. The van der Waals surface area contributed by atoms with E-state index >= 15 is 0 Å². The van der Waals surface area contributed by atoms with Crippen molar-refractivity contribution in [2.45, 2.75) is 19.2 Å². The summed E-state index contributed by atoms with van der Waals surface area (Å²) in [5.74, 6) is -1.69. The number of amides is 1. The monoisotopic (exact) mass is 235 g/mol. The van der Waals surface area contributed by atoms with Gasteiger partial charge >= 0.3 is 6.18 Å². The minimum Gasteiger partial charge on any atom is -0.465 e. The standard InChI is InChI=1S/C8H8F3N3O2/c1-4(8(9,10)11)16-5-2-3-13-7(14-5)6(12)15/h2-4H,1H3,(H2,12,15). The molecule has 1 aromatic heterocycles. The van der Waals surface area contributed by atoms with Crippen LogP contribution < -0.4 is 10.5 Å². The van der Waals surface area contributed by atoms with Gasteiger partial charge in [0.25, 0.3) is 5.91 Å². The molecule has 0 aliphatic rings. The molecule has 0 spiro atoms. The molecule has 8 heteroatoms. The summed E-state index contributed by atoms with van der Waals surface area (Å²) in [7, 11) is 0. The molecule has 0 aliphatic carbocycles. The van der Waals surface area contributed by atoms with E-state index in [-0.39, 0.29) is 5.88 Å². The van der Waals surface area contributed by atoms with Gasteiger partial charge in [0.15, 0.2) is 6.10 Å². The molecular formula is C8H8F3N3O2. The molecule has 0 bridgehead atoms. The van der Waals surface area contributed by atoms with E-state index < -0.39 is 24.0 Å². The van der Waals surface area contributed by atoms with Crippen LogP contribution in [0.25, 0.3) is 0 Å². The van der Waals surface area contributed by atoms with Crippen molar-refractivity contribution in [3.05, 3.63) is 18.1 Å². The van der Waals surface area contributed by atoms with E-state index in [1.54, 1.807) is 0 Å². The van der Waals surface area contributed by atoms with Crippen LogP contribution in [0, 0.1) is 0 Å². The summed E-state index contributed by atoms with van der Waals surface area (Å²) < 4.78 is 40.9. The fraction of sp³-hybridized carbons (Fsp3) is 0.375. The lowest BCUT2D eigenvalue weighted by Gasteiger charge is -2.16. The van der Waals surface area contributed by atoms with Crippen molar-refractivity contribution in [2.75, 3.05) is 0 Å². The Morgan fingerprint density at radius 3 is 2.69 bits per heavy atom. The summed E-state index contributed by atoms with van der Waals surface area (Å²) >= 11 is 0. The highest BCUT2D eigenvalue weighted by Crippen LogP contribution is 2.23. The minimum absolute atomic E-state index is 0.353. The predicted molar refractivity (Wildman–Crippen MR) is 46.7 cm³/mol. The van der Waals surface area contributed by atoms with Gasteiger partial charge in [-0.3, -0.25) is 4.79 Å². The highest BCUT2D eigenvalue weighted by molar-refractivity contribution is 5.88. The van der Waals surface area contributed by atoms with Crippen molar-refractivity contribution in [2.24, 2.45) is 5.73 Å². The van der Waals surface area contributed by atoms with Crippen LogP contribution in [0.2, 0.25) is 0 Å². The van der Waals surface area contributed by atoms with Crippen molar-refractivity contribution >= 4 is 5.91 Å². The van der Waals surface area contributed by atoms with E-state index in [1.807, 2.05) is 0 Å². The van der Waals surface area contributed by atoms with E-state index in [1.165, 1.54) is 0 Å².